The van der Waals surface area contributed by atoms with Crippen molar-refractivity contribution in [3.05, 3.63) is 28.9 Å². The van der Waals surface area contributed by atoms with Crippen molar-refractivity contribution in [2.75, 3.05) is 14.2 Å². The summed E-state index contributed by atoms with van der Waals surface area (Å²) in [6.45, 7) is 0. The minimum atomic E-state index is 0.604. The first-order valence-electron chi connectivity index (χ1n) is 4.43. The van der Waals surface area contributed by atoms with Gasteiger partial charge < -0.3 is 9.47 Å². The molecule has 0 saturated carbocycles. The first-order chi connectivity index (χ1) is 7.27. The number of methoxy groups -OCH3 is 2. The predicted molar refractivity (Wildman–Crippen MR) is 62.5 cm³/mol. The van der Waals surface area contributed by atoms with E-state index in [4.69, 9.17) is 9.47 Å². The summed E-state index contributed by atoms with van der Waals surface area (Å²) in [6, 6.07) is 5.78. The summed E-state index contributed by atoms with van der Waals surface area (Å²) in [5.41, 5.74) is 0. The monoisotopic (exact) mass is 267 g/mol. The Balaban J connectivity index is 2.86. The van der Waals surface area contributed by atoms with Crippen LogP contribution in [-0.2, 0) is 0 Å². The molecule has 0 atom stereocenters. The normalized spacial score (nSPS) is 10.3. The van der Waals surface area contributed by atoms with Gasteiger partial charge in [0.15, 0.2) is 0 Å². The topological polar surface area (TPSA) is 31.4 Å². The molecule has 2 aromatic rings. The van der Waals surface area contributed by atoms with E-state index >= 15 is 0 Å². The number of ether oxygens (including phenoxy) is 2. The van der Waals surface area contributed by atoms with Crippen LogP contribution in [0.2, 0.25) is 0 Å². The fraction of sp³-hybridized carbons (Fsp3) is 0.182. The molecule has 0 fully saturated rings. The van der Waals surface area contributed by atoms with Gasteiger partial charge in [-0.15, -0.1) is 0 Å². The largest absolute Gasteiger partial charge is 0.496 e. The summed E-state index contributed by atoms with van der Waals surface area (Å²) < 4.78 is 11.4. The van der Waals surface area contributed by atoms with E-state index in [-0.39, 0.29) is 0 Å². The van der Waals surface area contributed by atoms with Gasteiger partial charge in [0.05, 0.1) is 14.2 Å². The van der Waals surface area contributed by atoms with Crippen molar-refractivity contribution in [2.45, 2.75) is 0 Å². The molecule has 0 N–H and O–H groups in total. The maximum Gasteiger partial charge on any atom is 0.221 e. The summed E-state index contributed by atoms with van der Waals surface area (Å²) in [7, 11) is 3.25. The Morgan fingerprint density at radius 1 is 1.20 bits per heavy atom. The minimum Gasteiger partial charge on any atom is -0.496 e. The minimum absolute atomic E-state index is 0.604. The molecule has 1 heterocycles. The van der Waals surface area contributed by atoms with Crippen LogP contribution in [0.1, 0.15) is 0 Å². The third-order valence-electron chi connectivity index (χ3n) is 2.20. The number of hydrogen-bond donors (Lipinski definition) is 0. The van der Waals surface area contributed by atoms with E-state index in [1.54, 1.807) is 20.4 Å². The van der Waals surface area contributed by atoms with Crippen molar-refractivity contribution >= 4 is 26.7 Å². The highest BCUT2D eigenvalue weighted by molar-refractivity contribution is 9.10. The summed E-state index contributed by atoms with van der Waals surface area (Å²) in [6.07, 6.45) is 1.71. The first kappa shape index (κ1) is 10.2. The van der Waals surface area contributed by atoms with E-state index in [2.05, 4.69) is 20.9 Å². The lowest BCUT2D eigenvalue weighted by molar-refractivity contribution is 0.402. The van der Waals surface area contributed by atoms with Gasteiger partial charge in [-0.1, -0.05) is 6.07 Å². The van der Waals surface area contributed by atoms with Gasteiger partial charge in [-0.2, -0.15) is 0 Å². The third kappa shape index (κ3) is 1.65. The van der Waals surface area contributed by atoms with Crippen molar-refractivity contribution in [1.82, 2.24) is 4.98 Å². The summed E-state index contributed by atoms with van der Waals surface area (Å²) in [5.74, 6) is 1.41. The Morgan fingerprint density at radius 2 is 2.00 bits per heavy atom. The average Bonchev–Trinajstić information content (AvgIpc) is 2.29. The number of benzene rings is 1. The fourth-order valence-corrected chi connectivity index (χ4v) is 2.05. The van der Waals surface area contributed by atoms with Crippen LogP contribution in [0.3, 0.4) is 0 Å². The molecule has 2 rings (SSSR count). The molecule has 0 spiro atoms. The van der Waals surface area contributed by atoms with Gasteiger partial charge in [0.2, 0.25) is 5.88 Å². The van der Waals surface area contributed by atoms with Gasteiger partial charge in [0.1, 0.15) is 5.75 Å². The number of halogens is 1. The molecule has 0 aliphatic carbocycles. The maximum atomic E-state index is 5.29. The molecule has 0 radical (unpaired) electrons. The number of nitrogens with zero attached hydrogens (tertiary/aromatic N) is 1. The highest BCUT2D eigenvalue weighted by Gasteiger charge is 2.10. The number of fused-ring (bicyclic) bond motifs is 1. The first-order valence-corrected chi connectivity index (χ1v) is 5.22. The molecule has 1 aromatic heterocycles. The van der Waals surface area contributed by atoms with Gasteiger partial charge in [-0.05, 0) is 28.1 Å². The smallest absolute Gasteiger partial charge is 0.221 e. The van der Waals surface area contributed by atoms with Crippen molar-refractivity contribution < 1.29 is 9.47 Å². The van der Waals surface area contributed by atoms with Crippen LogP contribution in [0.4, 0.5) is 0 Å². The Hall–Kier alpha value is -1.29. The van der Waals surface area contributed by atoms with E-state index in [1.807, 2.05) is 18.2 Å². The van der Waals surface area contributed by atoms with E-state index in [1.165, 1.54) is 0 Å². The predicted octanol–water partition coefficient (Wildman–Crippen LogP) is 3.01. The van der Waals surface area contributed by atoms with Crippen LogP contribution >= 0.6 is 15.9 Å². The van der Waals surface area contributed by atoms with Crippen molar-refractivity contribution in [1.29, 1.82) is 0 Å². The van der Waals surface area contributed by atoms with Crippen molar-refractivity contribution in [2.24, 2.45) is 0 Å². The highest BCUT2D eigenvalue weighted by atomic mass is 79.9. The summed E-state index contributed by atoms with van der Waals surface area (Å²) in [4.78, 5) is 4.18. The molecule has 0 saturated heterocycles. The van der Waals surface area contributed by atoms with Gasteiger partial charge in [-0.3, -0.25) is 0 Å². The summed E-state index contributed by atoms with van der Waals surface area (Å²) >= 11 is 3.45. The molecule has 15 heavy (non-hydrogen) atoms. The molecule has 0 aliphatic heterocycles. The second-order valence-electron chi connectivity index (χ2n) is 3.00. The Kier molecular flexibility index (Phi) is 2.77. The lowest BCUT2D eigenvalue weighted by Gasteiger charge is -2.09. The van der Waals surface area contributed by atoms with Crippen LogP contribution in [0.25, 0.3) is 10.8 Å². The lowest BCUT2D eigenvalue weighted by atomic mass is 10.1. The molecule has 1 aromatic carbocycles. The lowest BCUT2D eigenvalue weighted by Crippen LogP contribution is -1.92. The zero-order chi connectivity index (χ0) is 10.8. The van der Waals surface area contributed by atoms with E-state index in [0.717, 1.165) is 21.0 Å². The highest BCUT2D eigenvalue weighted by Crippen LogP contribution is 2.35. The van der Waals surface area contributed by atoms with Crippen molar-refractivity contribution in [3.63, 3.8) is 0 Å². The van der Waals surface area contributed by atoms with Crippen LogP contribution < -0.4 is 9.47 Å². The molecular formula is C11H10BrNO2. The van der Waals surface area contributed by atoms with E-state index in [0.29, 0.717) is 5.88 Å². The van der Waals surface area contributed by atoms with Gasteiger partial charge in [0.25, 0.3) is 0 Å². The van der Waals surface area contributed by atoms with Crippen LogP contribution in [-0.4, -0.2) is 19.2 Å². The quantitative estimate of drug-likeness (QED) is 0.838. The Labute approximate surface area is 96.2 Å². The molecule has 3 nitrogen and oxygen atoms in total. The summed E-state index contributed by atoms with van der Waals surface area (Å²) in [5, 5.41) is 1.91. The van der Waals surface area contributed by atoms with Crippen LogP contribution in [0.5, 0.6) is 11.6 Å². The van der Waals surface area contributed by atoms with Gasteiger partial charge >= 0.3 is 0 Å². The molecule has 0 unspecified atom stereocenters. The standard InChI is InChI=1S/C11H10BrNO2/c1-14-9-5-3-4-7-10(9)8(12)6-13-11(7)15-2/h3-6H,1-2H3. The second kappa shape index (κ2) is 4.06. The van der Waals surface area contributed by atoms with Gasteiger partial charge in [0, 0.05) is 21.4 Å². The zero-order valence-electron chi connectivity index (χ0n) is 8.45. The van der Waals surface area contributed by atoms with E-state index in [9.17, 15) is 0 Å². The second-order valence-corrected chi connectivity index (χ2v) is 3.85. The number of pyridine rings is 1. The number of rotatable bonds is 2. The molecule has 0 aliphatic rings. The average molecular weight is 268 g/mol. The molecule has 0 bridgehead atoms. The molecule has 0 amide bonds. The Bertz CT molecular complexity index is 499. The Morgan fingerprint density at radius 3 is 2.67 bits per heavy atom. The van der Waals surface area contributed by atoms with Gasteiger partial charge in [-0.25, -0.2) is 4.98 Å². The van der Waals surface area contributed by atoms with Crippen molar-refractivity contribution in [3.8, 4) is 11.6 Å². The van der Waals surface area contributed by atoms with E-state index < -0.39 is 0 Å². The fourth-order valence-electron chi connectivity index (χ4n) is 1.54. The molecular weight excluding hydrogens is 258 g/mol. The third-order valence-corrected chi connectivity index (χ3v) is 2.81. The SMILES string of the molecule is COc1ncc(Br)c2c(OC)cccc12. The number of aromatic nitrogens is 1. The molecule has 4 heteroatoms. The molecule has 78 valence electrons. The van der Waals surface area contributed by atoms with Crippen LogP contribution in [0, 0.1) is 0 Å². The van der Waals surface area contributed by atoms with Crippen LogP contribution in [0.15, 0.2) is 28.9 Å². The number of hydrogen-bond acceptors (Lipinski definition) is 3. The maximum absolute atomic E-state index is 5.29. The zero-order valence-corrected chi connectivity index (χ0v) is 10.0.